The lowest BCUT2D eigenvalue weighted by Crippen LogP contribution is -2.15. The van der Waals surface area contributed by atoms with E-state index in [0.717, 1.165) is 31.7 Å². The molecule has 1 aliphatic rings. The fourth-order valence-electron chi connectivity index (χ4n) is 1.60. The van der Waals surface area contributed by atoms with Gasteiger partial charge in [0, 0.05) is 12.8 Å². The number of ether oxygens (including phenoxy) is 1. The van der Waals surface area contributed by atoms with Gasteiger partial charge in [0.05, 0.1) is 24.5 Å². The Morgan fingerprint density at radius 1 is 1.79 bits per heavy atom. The van der Waals surface area contributed by atoms with Gasteiger partial charge in [0.25, 0.3) is 0 Å². The zero-order valence-electron chi connectivity index (χ0n) is 7.85. The van der Waals surface area contributed by atoms with Crippen molar-refractivity contribution in [2.45, 2.75) is 25.5 Å². The first-order valence-corrected chi connectivity index (χ1v) is 4.73. The average Bonchev–Trinajstić information content (AvgIpc) is 2.79. The summed E-state index contributed by atoms with van der Waals surface area (Å²) in [5.41, 5.74) is 0.720. The van der Waals surface area contributed by atoms with Gasteiger partial charge in [-0.3, -0.25) is 9.48 Å². The van der Waals surface area contributed by atoms with Crippen LogP contribution in [0.2, 0.25) is 0 Å². The lowest BCUT2D eigenvalue weighted by atomic mass is 10.2. The van der Waals surface area contributed by atoms with E-state index in [2.05, 4.69) is 10.4 Å². The first kappa shape index (κ1) is 9.21. The molecule has 0 spiro atoms. The molecule has 1 aromatic rings. The molecule has 0 radical (unpaired) electrons. The van der Waals surface area contributed by atoms with Crippen molar-refractivity contribution in [2.75, 3.05) is 11.9 Å². The maximum atomic E-state index is 10.2. The van der Waals surface area contributed by atoms with Gasteiger partial charge in [-0.2, -0.15) is 5.10 Å². The number of hydrogen-bond donors (Lipinski definition) is 1. The molecule has 5 nitrogen and oxygen atoms in total. The highest BCUT2D eigenvalue weighted by Crippen LogP contribution is 2.14. The fourth-order valence-corrected chi connectivity index (χ4v) is 1.60. The van der Waals surface area contributed by atoms with Crippen LogP contribution in [0.4, 0.5) is 5.69 Å². The molecule has 0 bridgehead atoms. The van der Waals surface area contributed by atoms with Crippen molar-refractivity contribution >= 4 is 12.1 Å². The predicted octanol–water partition coefficient (Wildman–Crippen LogP) is 0.630. The summed E-state index contributed by atoms with van der Waals surface area (Å²) in [5.74, 6) is 0. The van der Waals surface area contributed by atoms with Crippen LogP contribution in [0.3, 0.4) is 0 Å². The molecule has 1 amide bonds. The first-order chi connectivity index (χ1) is 6.88. The molecule has 1 aliphatic heterocycles. The highest BCUT2D eigenvalue weighted by Gasteiger charge is 2.16. The van der Waals surface area contributed by atoms with E-state index >= 15 is 0 Å². The van der Waals surface area contributed by atoms with E-state index in [-0.39, 0.29) is 6.10 Å². The van der Waals surface area contributed by atoms with Crippen molar-refractivity contribution < 1.29 is 9.53 Å². The minimum Gasteiger partial charge on any atom is -0.376 e. The Bertz CT molecular complexity index is 305. The largest absolute Gasteiger partial charge is 0.376 e. The van der Waals surface area contributed by atoms with Crippen LogP contribution in [0.5, 0.6) is 0 Å². The molecule has 2 rings (SSSR count). The van der Waals surface area contributed by atoms with Crippen molar-refractivity contribution in [3.05, 3.63) is 12.4 Å². The standard InChI is InChI=1S/C9H13N3O2/c13-7-10-8-4-11-12(5-8)6-9-2-1-3-14-9/h4-5,7,9H,1-3,6H2,(H,10,13). The number of nitrogens with one attached hydrogen (secondary N) is 1. The van der Waals surface area contributed by atoms with Gasteiger partial charge >= 0.3 is 0 Å². The summed E-state index contributed by atoms with van der Waals surface area (Å²) in [7, 11) is 0. The number of anilines is 1. The summed E-state index contributed by atoms with van der Waals surface area (Å²) in [6.45, 7) is 1.62. The summed E-state index contributed by atoms with van der Waals surface area (Å²) in [6.07, 6.45) is 6.58. The van der Waals surface area contributed by atoms with Gasteiger partial charge in [-0.25, -0.2) is 0 Å². The third-order valence-electron chi connectivity index (χ3n) is 2.27. The Balaban J connectivity index is 1.91. The number of carbonyl (C=O) groups excluding carboxylic acids is 1. The van der Waals surface area contributed by atoms with E-state index in [1.165, 1.54) is 0 Å². The minimum absolute atomic E-state index is 0.277. The highest BCUT2D eigenvalue weighted by atomic mass is 16.5. The zero-order chi connectivity index (χ0) is 9.80. The molecular weight excluding hydrogens is 182 g/mol. The van der Waals surface area contributed by atoms with Crippen LogP contribution in [0, 0.1) is 0 Å². The van der Waals surface area contributed by atoms with Gasteiger partial charge in [-0.15, -0.1) is 0 Å². The molecule has 1 atom stereocenters. The Kier molecular flexibility index (Phi) is 2.78. The number of rotatable bonds is 4. The van der Waals surface area contributed by atoms with Crippen LogP contribution >= 0.6 is 0 Å². The molecule has 5 heteroatoms. The normalized spacial score (nSPS) is 21.0. The molecule has 0 aliphatic carbocycles. The summed E-state index contributed by atoms with van der Waals surface area (Å²) in [6, 6.07) is 0. The third kappa shape index (κ3) is 2.11. The second-order valence-electron chi connectivity index (χ2n) is 3.35. The smallest absolute Gasteiger partial charge is 0.211 e. The predicted molar refractivity (Wildman–Crippen MR) is 50.9 cm³/mol. The minimum atomic E-state index is 0.277. The van der Waals surface area contributed by atoms with Gasteiger partial charge in [0.2, 0.25) is 6.41 Å². The van der Waals surface area contributed by atoms with E-state index in [1.54, 1.807) is 17.1 Å². The van der Waals surface area contributed by atoms with Gasteiger partial charge in [0.1, 0.15) is 0 Å². The van der Waals surface area contributed by atoms with E-state index in [0.29, 0.717) is 6.41 Å². The highest BCUT2D eigenvalue weighted by molar-refractivity contribution is 5.69. The Morgan fingerprint density at radius 3 is 3.43 bits per heavy atom. The van der Waals surface area contributed by atoms with E-state index in [1.807, 2.05) is 0 Å². The quantitative estimate of drug-likeness (QED) is 0.717. The molecule has 1 aromatic heterocycles. The molecule has 0 saturated carbocycles. The van der Waals surface area contributed by atoms with Gasteiger partial charge in [-0.1, -0.05) is 0 Å². The zero-order valence-corrected chi connectivity index (χ0v) is 7.85. The van der Waals surface area contributed by atoms with Crippen molar-refractivity contribution in [1.82, 2.24) is 9.78 Å². The van der Waals surface area contributed by atoms with Crippen molar-refractivity contribution in [1.29, 1.82) is 0 Å². The summed E-state index contributed by atoms with van der Waals surface area (Å²) in [5, 5.41) is 6.66. The third-order valence-corrected chi connectivity index (χ3v) is 2.27. The molecule has 14 heavy (non-hydrogen) atoms. The first-order valence-electron chi connectivity index (χ1n) is 4.73. The molecule has 2 heterocycles. The monoisotopic (exact) mass is 195 g/mol. The Morgan fingerprint density at radius 2 is 2.71 bits per heavy atom. The number of aromatic nitrogens is 2. The molecule has 1 saturated heterocycles. The lowest BCUT2D eigenvalue weighted by molar-refractivity contribution is -0.105. The second kappa shape index (κ2) is 4.23. The van der Waals surface area contributed by atoms with Crippen LogP contribution in [0.25, 0.3) is 0 Å². The van der Waals surface area contributed by atoms with Crippen LogP contribution in [-0.2, 0) is 16.1 Å². The van der Waals surface area contributed by atoms with Crippen molar-refractivity contribution in [3.63, 3.8) is 0 Å². The van der Waals surface area contributed by atoms with Gasteiger partial charge in [0.15, 0.2) is 0 Å². The van der Waals surface area contributed by atoms with Crippen molar-refractivity contribution in [3.8, 4) is 0 Å². The number of carbonyl (C=O) groups is 1. The van der Waals surface area contributed by atoms with Crippen LogP contribution in [0.1, 0.15) is 12.8 Å². The van der Waals surface area contributed by atoms with Crippen LogP contribution < -0.4 is 5.32 Å². The molecule has 0 aromatic carbocycles. The number of nitrogens with zero attached hydrogens (tertiary/aromatic N) is 2. The molecule has 1 N–H and O–H groups in total. The van der Waals surface area contributed by atoms with Gasteiger partial charge < -0.3 is 10.1 Å². The van der Waals surface area contributed by atoms with Crippen LogP contribution in [-0.4, -0.2) is 28.9 Å². The van der Waals surface area contributed by atoms with E-state index < -0.39 is 0 Å². The van der Waals surface area contributed by atoms with E-state index in [4.69, 9.17) is 4.74 Å². The molecule has 1 unspecified atom stereocenters. The lowest BCUT2D eigenvalue weighted by Gasteiger charge is -2.08. The fraction of sp³-hybridized carbons (Fsp3) is 0.556. The second-order valence-corrected chi connectivity index (χ2v) is 3.35. The van der Waals surface area contributed by atoms with E-state index in [9.17, 15) is 4.79 Å². The Labute approximate surface area is 82.0 Å². The van der Waals surface area contributed by atoms with Crippen molar-refractivity contribution in [2.24, 2.45) is 0 Å². The average molecular weight is 195 g/mol. The maximum Gasteiger partial charge on any atom is 0.211 e. The summed E-state index contributed by atoms with van der Waals surface area (Å²) in [4.78, 5) is 10.2. The molecular formula is C9H13N3O2. The topological polar surface area (TPSA) is 56.2 Å². The molecule has 76 valence electrons. The SMILES string of the molecule is O=CNc1cnn(CC2CCCO2)c1. The number of hydrogen-bond acceptors (Lipinski definition) is 3. The van der Waals surface area contributed by atoms with Gasteiger partial charge in [-0.05, 0) is 12.8 Å². The molecule has 1 fully saturated rings. The van der Waals surface area contributed by atoms with Crippen LogP contribution in [0.15, 0.2) is 12.4 Å². The number of amides is 1. The Hall–Kier alpha value is -1.36. The summed E-state index contributed by atoms with van der Waals surface area (Å²) < 4.78 is 7.27. The summed E-state index contributed by atoms with van der Waals surface area (Å²) >= 11 is 0. The maximum absolute atomic E-state index is 10.2.